The lowest BCUT2D eigenvalue weighted by Crippen LogP contribution is -2.26. The van der Waals surface area contributed by atoms with Gasteiger partial charge in [-0.15, -0.1) is 0 Å². The fourth-order valence-corrected chi connectivity index (χ4v) is 2.10. The predicted octanol–water partition coefficient (Wildman–Crippen LogP) is 3.66. The number of hydrogen-bond donors (Lipinski definition) is 1. The highest BCUT2D eigenvalue weighted by Crippen LogP contribution is 2.23. The maximum absolute atomic E-state index is 12.0. The van der Waals surface area contributed by atoms with Crippen LogP contribution in [0.1, 0.15) is 18.4 Å². The number of amides is 1. The number of ether oxygens (including phenoxy) is 1. The maximum atomic E-state index is 12.0. The molecule has 0 heterocycles. The summed E-state index contributed by atoms with van der Waals surface area (Å²) in [6.07, 6.45) is 3.56. The minimum atomic E-state index is -0.315. The van der Waals surface area contributed by atoms with Crippen LogP contribution in [0.25, 0.3) is 6.08 Å². The summed E-state index contributed by atoms with van der Waals surface area (Å²) in [5, 5.41) is 12.0. The van der Waals surface area contributed by atoms with E-state index in [9.17, 15) is 10.1 Å². The van der Waals surface area contributed by atoms with Gasteiger partial charge in [0.1, 0.15) is 23.1 Å². The van der Waals surface area contributed by atoms with Crippen LogP contribution in [0.3, 0.4) is 0 Å². The van der Waals surface area contributed by atoms with Crippen molar-refractivity contribution in [3.63, 3.8) is 0 Å². The van der Waals surface area contributed by atoms with Crippen LogP contribution in [0.5, 0.6) is 11.5 Å². The van der Waals surface area contributed by atoms with Gasteiger partial charge in [0.25, 0.3) is 5.91 Å². The van der Waals surface area contributed by atoms with Crippen LogP contribution < -0.4 is 10.1 Å². The highest BCUT2D eigenvalue weighted by atomic mass is 16.5. The number of benzene rings is 2. The third-order valence-corrected chi connectivity index (χ3v) is 3.43. The molecule has 2 aromatic rings. The van der Waals surface area contributed by atoms with Gasteiger partial charge in [-0.1, -0.05) is 30.3 Å². The third-order valence-electron chi connectivity index (χ3n) is 3.43. The summed E-state index contributed by atoms with van der Waals surface area (Å²) >= 11 is 0. The first-order valence-electron chi connectivity index (χ1n) is 7.50. The lowest BCUT2D eigenvalue weighted by Gasteiger charge is -2.06. The van der Waals surface area contributed by atoms with E-state index in [4.69, 9.17) is 4.74 Å². The molecule has 0 atom stereocenters. The number of nitriles is 1. The second-order valence-corrected chi connectivity index (χ2v) is 5.41. The van der Waals surface area contributed by atoms with Gasteiger partial charge in [-0.05, 0) is 48.7 Å². The van der Waals surface area contributed by atoms with Gasteiger partial charge in [0, 0.05) is 6.04 Å². The van der Waals surface area contributed by atoms with Crippen molar-refractivity contribution in [1.29, 1.82) is 5.26 Å². The molecule has 0 aromatic heterocycles. The smallest absolute Gasteiger partial charge is 0.262 e. The van der Waals surface area contributed by atoms with Gasteiger partial charge in [0.15, 0.2) is 0 Å². The van der Waals surface area contributed by atoms with Crippen molar-refractivity contribution in [2.45, 2.75) is 18.9 Å². The van der Waals surface area contributed by atoms with Crippen molar-refractivity contribution < 1.29 is 9.53 Å². The molecule has 0 bridgehead atoms. The van der Waals surface area contributed by atoms with E-state index in [1.165, 1.54) is 0 Å². The Kier molecular flexibility index (Phi) is 4.39. The maximum Gasteiger partial charge on any atom is 0.262 e. The number of nitrogens with zero attached hydrogens (tertiary/aromatic N) is 1. The highest BCUT2D eigenvalue weighted by Gasteiger charge is 2.24. The predicted molar refractivity (Wildman–Crippen MR) is 87.7 cm³/mol. The van der Waals surface area contributed by atoms with Gasteiger partial charge in [0.2, 0.25) is 0 Å². The molecule has 4 heteroatoms. The second-order valence-electron chi connectivity index (χ2n) is 5.41. The normalized spacial score (nSPS) is 14.0. The van der Waals surface area contributed by atoms with E-state index in [-0.39, 0.29) is 17.5 Å². The second kappa shape index (κ2) is 6.80. The topological polar surface area (TPSA) is 62.1 Å². The van der Waals surface area contributed by atoms with Crippen LogP contribution in [-0.2, 0) is 4.79 Å². The van der Waals surface area contributed by atoms with Gasteiger partial charge in [-0.2, -0.15) is 5.26 Å². The van der Waals surface area contributed by atoms with Crippen LogP contribution in [0.15, 0.2) is 60.2 Å². The summed E-state index contributed by atoms with van der Waals surface area (Å²) in [4.78, 5) is 12.0. The molecule has 1 aliphatic carbocycles. The van der Waals surface area contributed by atoms with Crippen LogP contribution >= 0.6 is 0 Å². The Morgan fingerprint density at radius 2 is 1.87 bits per heavy atom. The van der Waals surface area contributed by atoms with E-state index < -0.39 is 0 Å². The molecule has 1 aliphatic rings. The van der Waals surface area contributed by atoms with Crippen LogP contribution in [0, 0.1) is 11.3 Å². The third kappa shape index (κ3) is 4.21. The number of rotatable bonds is 5. The lowest BCUT2D eigenvalue weighted by molar-refractivity contribution is -0.117. The molecule has 0 radical (unpaired) electrons. The van der Waals surface area contributed by atoms with Crippen LogP contribution in [-0.4, -0.2) is 11.9 Å². The minimum Gasteiger partial charge on any atom is -0.457 e. The standard InChI is InChI=1S/C19H16N2O2/c20-13-15(19(22)21-16-9-10-16)11-14-5-4-8-18(12-14)23-17-6-2-1-3-7-17/h1-8,11-12,16H,9-10H2,(H,21,22)/b15-11+. The molecule has 114 valence electrons. The molecule has 1 amide bonds. The van der Waals surface area contributed by atoms with Crippen molar-refractivity contribution in [2.75, 3.05) is 0 Å². The minimum absolute atomic E-state index is 0.105. The van der Waals surface area contributed by atoms with E-state index >= 15 is 0 Å². The van der Waals surface area contributed by atoms with Gasteiger partial charge >= 0.3 is 0 Å². The van der Waals surface area contributed by atoms with Gasteiger partial charge < -0.3 is 10.1 Å². The van der Waals surface area contributed by atoms with E-state index in [1.54, 1.807) is 12.1 Å². The molecule has 0 saturated heterocycles. The summed E-state index contributed by atoms with van der Waals surface area (Å²) in [5.74, 6) is 1.08. The van der Waals surface area contributed by atoms with Crippen molar-refractivity contribution in [2.24, 2.45) is 0 Å². The Labute approximate surface area is 135 Å². The van der Waals surface area contributed by atoms with Crippen LogP contribution in [0.4, 0.5) is 0 Å². The average Bonchev–Trinajstić information content (AvgIpc) is 3.38. The molecule has 3 rings (SSSR count). The summed E-state index contributed by atoms with van der Waals surface area (Å²) in [6.45, 7) is 0. The molecular weight excluding hydrogens is 288 g/mol. The molecule has 4 nitrogen and oxygen atoms in total. The Morgan fingerprint density at radius 3 is 2.57 bits per heavy atom. The van der Waals surface area contributed by atoms with Crippen molar-refractivity contribution >= 4 is 12.0 Å². The average molecular weight is 304 g/mol. The summed E-state index contributed by atoms with van der Waals surface area (Å²) in [7, 11) is 0. The van der Waals surface area contributed by atoms with Crippen LogP contribution in [0.2, 0.25) is 0 Å². The number of carbonyl (C=O) groups is 1. The molecule has 1 saturated carbocycles. The molecule has 0 aliphatic heterocycles. The molecular formula is C19H16N2O2. The van der Waals surface area contributed by atoms with Gasteiger partial charge in [0.05, 0.1) is 0 Å². The molecule has 1 N–H and O–H groups in total. The fraction of sp³-hybridized carbons (Fsp3) is 0.158. The molecule has 0 unspecified atom stereocenters. The molecule has 1 fully saturated rings. The molecule has 0 spiro atoms. The van der Waals surface area contributed by atoms with E-state index in [0.717, 1.165) is 24.2 Å². The first-order chi connectivity index (χ1) is 11.2. The van der Waals surface area contributed by atoms with E-state index in [0.29, 0.717) is 5.75 Å². The first-order valence-corrected chi connectivity index (χ1v) is 7.50. The zero-order valence-electron chi connectivity index (χ0n) is 12.5. The summed E-state index contributed by atoms with van der Waals surface area (Å²) in [6, 6.07) is 18.9. The zero-order chi connectivity index (χ0) is 16.1. The number of hydrogen-bond acceptors (Lipinski definition) is 3. The van der Waals surface area contributed by atoms with E-state index in [1.807, 2.05) is 54.6 Å². The van der Waals surface area contributed by atoms with E-state index in [2.05, 4.69) is 5.32 Å². The van der Waals surface area contributed by atoms with Gasteiger partial charge in [-0.25, -0.2) is 0 Å². The van der Waals surface area contributed by atoms with Gasteiger partial charge in [-0.3, -0.25) is 4.79 Å². The number of para-hydroxylation sites is 1. The highest BCUT2D eigenvalue weighted by molar-refractivity contribution is 6.02. The summed E-state index contributed by atoms with van der Waals surface area (Å²) in [5.41, 5.74) is 0.856. The van der Waals surface area contributed by atoms with Crippen molar-refractivity contribution in [3.05, 3.63) is 65.7 Å². The fourth-order valence-electron chi connectivity index (χ4n) is 2.10. The SMILES string of the molecule is N#C/C(=C\c1cccc(Oc2ccccc2)c1)C(=O)NC1CC1. The first kappa shape index (κ1) is 14.9. The number of nitrogens with one attached hydrogen (secondary N) is 1. The molecule has 2 aromatic carbocycles. The zero-order valence-corrected chi connectivity index (χ0v) is 12.5. The lowest BCUT2D eigenvalue weighted by atomic mass is 10.1. The Balaban J connectivity index is 1.76. The molecule has 23 heavy (non-hydrogen) atoms. The quantitative estimate of drug-likeness (QED) is 0.677. The Morgan fingerprint density at radius 1 is 1.13 bits per heavy atom. The number of carbonyl (C=O) groups excluding carboxylic acids is 1. The van der Waals surface area contributed by atoms with Crippen molar-refractivity contribution in [1.82, 2.24) is 5.32 Å². The largest absolute Gasteiger partial charge is 0.457 e. The van der Waals surface area contributed by atoms with Crippen molar-refractivity contribution in [3.8, 4) is 17.6 Å². The Hall–Kier alpha value is -3.06. The Bertz CT molecular complexity index is 771. The summed E-state index contributed by atoms with van der Waals surface area (Å²) < 4.78 is 5.76. The monoisotopic (exact) mass is 304 g/mol.